The van der Waals surface area contributed by atoms with E-state index in [2.05, 4.69) is 0 Å². The molecule has 0 unspecified atom stereocenters. The number of thioether (sulfide) groups is 1. The third-order valence-electron chi connectivity index (χ3n) is 4.14. The highest BCUT2D eigenvalue weighted by molar-refractivity contribution is 8.26. The van der Waals surface area contributed by atoms with E-state index < -0.39 is 0 Å². The van der Waals surface area contributed by atoms with Gasteiger partial charge in [-0.05, 0) is 50.1 Å². The molecule has 1 heterocycles. The molecule has 1 aliphatic heterocycles. The van der Waals surface area contributed by atoms with E-state index in [0.29, 0.717) is 33.9 Å². The predicted molar refractivity (Wildman–Crippen MR) is 119 cm³/mol. The van der Waals surface area contributed by atoms with Gasteiger partial charge in [-0.25, -0.2) is 0 Å². The summed E-state index contributed by atoms with van der Waals surface area (Å²) in [7, 11) is 0. The molecule has 0 aliphatic carbocycles. The Bertz CT molecular complexity index is 894. The third-order valence-corrected chi connectivity index (χ3v) is 5.47. The summed E-state index contributed by atoms with van der Waals surface area (Å²) in [5, 5.41) is 0. The molecule has 0 radical (unpaired) electrons. The summed E-state index contributed by atoms with van der Waals surface area (Å²) in [6.45, 7) is 6.84. The van der Waals surface area contributed by atoms with E-state index in [1.54, 1.807) is 4.90 Å². The zero-order chi connectivity index (χ0) is 20.1. The van der Waals surface area contributed by atoms with Gasteiger partial charge in [-0.2, -0.15) is 0 Å². The zero-order valence-electron chi connectivity index (χ0n) is 16.2. The smallest absolute Gasteiger partial charge is 0.266 e. The van der Waals surface area contributed by atoms with Crippen LogP contribution in [-0.2, 0) is 11.4 Å². The topological polar surface area (TPSA) is 38.8 Å². The molecule has 0 N–H and O–H groups in total. The third kappa shape index (κ3) is 4.75. The maximum Gasteiger partial charge on any atom is 0.266 e. The minimum Gasteiger partial charge on any atom is -0.490 e. The Morgan fingerprint density at radius 3 is 2.50 bits per heavy atom. The highest BCUT2D eigenvalue weighted by atomic mass is 32.2. The summed E-state index contributed by atoms with van der Waals surface area (Å²) < 4.78 is 12.3. The van der Waals surface area contributed by atoms with Crippen LogP contribution in [0.5, 0.6) is 11.5 Å². The molecule has 1 saturated heterocycles. The van der Waals surface area contributed by atoms with Gasteiger partial charge >= 0.3 is 0 Å². The van der Waals surface area contributed by atoms with Gasteiger partial charge in [0.05, 0.1) is 11.5 Å². The molecule has 0 atom stereocenters. The monoisotopic (exact) mass is 413 g/mol. The van der Waals surface area contributed by atoms with Gasteiger partial charge in [-0.3, -0.25) is 9.69 Å². The fraction of sp³-hybridized carbons (Fsp3) is 0.273. The quantitative estimate of drug-likeness (QED) is 0.456. The second kappa shape index (κ2) is 9.26. The number of carbonyl (C=O) groups excluding carboxylic acids is 1. The minimum absolute atomic E-state index is 0.0474. The lowest BCUT2D eigenvalue weighted by Crippen LogP contribution is -2.34. The van der Waals surface area contributed by atoms with Crippen LogP contribution in [0.2, 0.25) is 0 Å². The lowest BCUT2D eigenvalue weighted by molar-refractivity contribution is -0.123. The van der Waals surface area contributed by atoms with Crippen molar-refractivity contribution in [2.45, 2.75) is 33.4 Å². The average molecular weight is 414 g/mol. The van der Waals surface area contributed by atoms with Gasteiger partial charge in [0.25, 0.3) is 5.91 Å². The first kappa shape index (κ1) is 20.4. The maximum absolute atomic E-state index is 12.6. The summed E-state index contributed by atoms with van der Waals surface area (Å²) in [6, 6.07) is 15.7. The van der Waals surface area contributed by atoms with Crippen LogP contribution in [0.25, 0.3) is 6.08 Å². The molecule has 0 bridgehead atoms. The number of hydrogen-bond donors (Lipinski definition) is 0. The van der Waals surface area contributed by atoms with E-state index in [1.165, 1.54) is 11.8 Å². The summed E-state index contributed by atoms with van der Waals surface area (Å²) in [4.78, 5) is 14.9. The normalized spacial score (nSPS) is 15.6. The number of nitrogens with zero attached hydrogens (tertiary/aromatic N) is 1. The molecule has 0 saturated carbocycles. The highest BCUT2D eigenvalue weighted by Crippen LogP contribution is 2.35. The number of ether oxygens (including phenoxy) is 2. The van der Waals surface area contributed by atoms with Crippen LogP contribution in [0.4, 0.5) is 0 Å². The van der Waals surface area contributed by atoms with Crippen molar-refractivity contribution in [3.05, 3.63) is 64.6 Å². The van der Waals surface area contributed by atoms with Crippen LogP contribution < -0.4 is 9.47 Å². The van der Waals surface area contributed by atoms with Crippen molar-refractivity contribution in [2.75, 3.05) is 6.61 Å². The van der Waals surface area contributed by atoms with Crippen molar-refractivity contribution in [2.24, 2.45) is 0 Å². The highest BCUT2D eigenvalue weighted by Gasteiger charge is 2.33. The first-order chi connectivity index (χ1) is 13.5. The summed E-state index contributed by atoms with van der Waals surface area (Å²) in [5.41, 5.74) is 1.96. The van der Waals surface area contributed by atoms with Gasteiger partial charge in [0, 0.05) is 6.04 Å². The van der Waals surface area contributed by atoms with Crippen molar-refractivity contribution in [3.63, 3.8) is 0 Å². The SMILES string of the molecule is CCOc1cc(C=C2SC(=S)N(C(C)C)C2=O)ccc1OCc1ccccc1. The van der Waals surface area contributed by atoms with Crippen LogP contribution in [0.3, 0.4) is 0 Å². The molecular formula is C22H23NO3S2. The molecule has 3 rings (SSSR count). The fourth-order valence-electron chi connectivity index (χ4n) is 2.81. The molecule has 6 heteroatoms. The first-order valence-corrected chi connectivity index (χ1v) is 10.4. The van der Waals surface area contributed by atoms with Gasteiger partial charge in [-0.1, -0.05) is 60.4 Å². The summed E-state index contributed by atoms with van der Waals surface area (Å²) in [6.07, 6.45) is 1.85. The summed E-state index contributed by atoms with van der Waals surface area (Å²) in [5.74, 6) is 1.29. The lowest BCUT2D eigenvalue weighted by Gasteiger charge is -2.18. The van der Waals surface area contributed by atoms with Crippen LogP contribution in [-0.4, -0.2) is 27.8 Å². The summed E-state index contributed by atoms with van der Waals surface area (Å²) >= 11 is 6.67. The van der Waals surface area contributed by atoms with Crippen molar-refractivity contribution in [1.82, 2.24) is 4.90 Å². The molecule has 28 heavy (non-hydrogen) atoms. The van der Waals surface area contributed by atoms with Gasteiger partial charge in [0.15, 0.2) is 11.5 Å². The van der Waals surface area contributed by atoms with Crippen molar-refractivity contribution in [1.29, 1.82) is 0 Å². The minimum atomic E-state index is -0.0487. The molecule has 146 valence electrons. The van der Waals surface area contributed by atoms with E-state index in [-0.39, 0.29) is 11.9 Å². The molecule has 1 amide bonds. The Morgan fingerprint density at radius 1 is 1.11 bits per heavy atom. The zero-order valence-corrected chi connectivity index (χ0v) is 17.8. The van der Waals surface area contributed by atoms with Gasteiger partial charge < -0.3 is 9.47 Å². The molecule has 0 aromatic heterocycles. The number of thiocarbonyl (C=S) groups is 1. The van der Waals surface area contributed by atoms with Crippen LogP contribution >= 0.6 is 24.0 Å². The van der Waals surface area contributed by atoms with Crippen molar-refractivity contribution in [3.8, 4) is 11.5 Å². The molecule has 2 aromatic carbocycles. The maximum atomic E-state index is 12.6. The van der Waals surface area contributed by atoms with E-state index in [9.17, 15) is 4.79 Å². The molecular weight excluding hydrogens is 390 g/mol. The number of carbonyl (C=O) groups is 1. The lowest BCUT2D eigenvalue weighted by atomic mass is 10.1. The molecule has 4 nitrogen and oxygen atoms in total. The molecule has 1 aliphatic rings. The second-order valence-corrected chi connectivity index (χ2v) is 8.23. The van der Waals surface area contributed by atoms with Gasteiger partial charge in [0.2, 0.25) is 0 Å². The van der Waals surface area contributed by atoms with Crippen LogP contribution in [0, 0.1) is 0 Å². The van der Waals surface area contributed by atoms with E-state index in [1.807, 2.05) is 75.4 Å². The van der Waals surface area contributed by atoms with Crippen LogP contribution in [0.1, 0.15) is 31.9 Å². The Labute approximate surface area is 175 Å². The largest absolute Gasteiger partial charge is 0.490 e. The molecule has 1 fully saturated rings. The van der Waals surface area contributed by atoms with E-state index in [0.717, 1.165) is 11.1 Å². The molecule has 0 spiro atoms. The fourth-order valence-corrected chi connectivity index (χ4v) is 4.34. The number of benzene rings is 2. The number of hydrogen-bond acceptors (Lipinski definition) is 5. The Hall–Kier alpha value is -2.31. The van der Waals surface area contributed by atoms with Gasteiger partial charge in [-0.15, -0.1) is 0 Å². The average Bonchev–Trinajstić information content (AvgIpc) is 2.95. The standard InChI is InChI=1S/C22H23NO3S2/c1-4-25-19-12-17(13-20-21(24)23(15(2)3)22(27)28-20)10-11-18(19)26-14-16-8-6-5-7-9-16/h5-13,15H,4,14H2,1-3H3. The van der Waals surface area contributed by atoms with Gasteiger partial charge in [0.1, 0.15) is 10.9 Å². The molecule has 2 aromatic rings. The van der Waals surface area contributed by atoms with Crippen LogP contribution in [0.15, 0.2) is 53.4 Å². The van der Waals surface area contributed by atoms with E-state index in [4.69, 9.17) is 21.7 Å². The van der Waals surface area contributed by atoms with E-state index >= 15 is 0 Å². The Morgan fingerprint density at radius 2 is 1.86 bits per heavy atom. The Kier molecular flexibility index (Phi) is 6.75. The van der Waals surface area contributed by atoms with Crippen molar-refractivity contribution < 1.29 is 14.3 Å². The second-order valence-electron chi connectivity index (χ2n) is 6.56. The number of rotatable bonds is 7. The number of amides is 1. The first-order valence-electron chi connectivity index (χ1n) is 9.20. The predicted octanol–water partition coefficient (Wildman–Crippen LogP) is 5.27. The Balaban J connectivity index is 1.80. The van der Waals surface area contributed by atoms with Crippen molar-refractivity contribution >= 4 is 40.3 Å².